The molecule has 2 atom stereocenters. The van der Waals surface area contributed by atoms with Crippen LogP contribution in [0.5, 0.6) is 0 Å². The van der Waals surface area contributed by atoms with Crippen LogP contribution in [-0.4, -0.2) is 0 Å². The quantitative estimate of drug-likeness (QED) is 0.604. The number of rotatable bonds is 6. The molecular formula is C22H28. The Morgan fingerprint density at radius 2 is 1.45 bits per heavy atom. The molecule has 0 bridgehead atoms. The van der Waals surface area contributed by atoms with Crippen molar-refractivity contribution in [1.82, 2.24) is 0 Å². The Hall–Kier alpha value is -1.56. The molecule has 0 spiro atoms. The number of benzene rings is 2. The van der Waals surface area contributed by atoms with Crippen LogP contribution in [0.1, 0.15) is 50.2 Å². The minimum absolute atomic E-state index is 0.714. The van der Waals surface area contributed by atoms with E-state index in [1.54, 1.807) is 5.56 Å². The minimum atomic E-state index is 0.714. The van der Waals surface area contributed by atoms with Crippen LogP contribution in [0, 0.1) is 17.8 Å². The summed E-state index contributed by atoms with van der Waals surface area (Å²) < 4.78 is 0. The molecule has 0 aliphatic heterocycles. The first kappa shape index (κ1) is 15.3. The lowest BCUT2D eigenvalue weighted by molar-refractivity contribution is 0.172. The third kappa shape index (κ3) is 3.43. The van der Waals surface area contributed by atoms with Crippen molar-refractivity contribution in [3.63, 3.8) is 0 Å². The van der Waals surface area contributed by atoms with E-state index in [0.717, 1.165) is 17.8 Å². The van der Waals surface area contributed by atoms with E-state index in [0.29, 0.717) is 5.92 Å². The van der Waals surface area contributed by atoms with Gasteiger partial charge in [0.25, 0.3) is 0 Å². The summed E-state index contributed by atoms with van der Waals surface area (Å²) in [4.78, 5) is 0. The van der Waals surface area contributed by atoms with Crippen LogP contribution in [0.25, 0.3) is 0 Å². The maximum atomic E-state index is 2.40. The molecule has 0 heteroatoms. The average molecular weight is 292 g/mol. The summed E-state index contributed by atoms with van der Waals surface area (Å²) in [6.45, 7) is 4.81. The van der Waals surface area contributed by atoms with Crippen molar-refractivity contribution < 1.29 is 0 Å². The summed E-state index contributed by atoms with van der Waals surface area (Å²) in [6.07, 6.45) is 5.45. The Morgan fingerprint density at radius 3 is 1.95 bits per heavy atom. The Morgan fingerprint density at radius 1 is 0.864 bits per heavy atom. The zero-order chi connectivity index (χ0) is 15.4. The Kier molecular flexibility index (Phi) is 4.97. The third-order valence-electron chi connectivity index (χ3n) is 5.47. The molecule has 1 aliphatic rings. The highest BCUT2D eigenvalue weighted by molar-refractivity contribution is 5.24. The van der Waals surface area contributed by atoms with E-state index in [4.69, 9.17) is 0 Å². The third-order valence-corrected chi connectivity index (χ3v) is 5.47. The van der Waals surface area contributed by atoms with E-state index >= 15 is 0 Å². The van der Waals surface area contributed by atoms with E-state index in [2.05, 4.69) is 74.5 Å². The number of hydrogen-bond acceptors (Lipinski definition) is 0. The fourth-order valence-electron chi connectivity index (χ4n) is 4.01. The molecule has 2 unspecified atom stereocenters. The predicted octanol–water partition coefficient (Wildman–Crippen LogP) is 6.09. The van der Waals surface area contributed by atoms with Crippen molar-refractivity contribution in [3.8, 4) is 0 Å². The molecule has 2 aromatic rings. The summed E-state index contributed by atoms with van der Waals surface area (Å²) in [7, 11) is 0. The molecule has 0 N–H and O–H groups in total. The van der Waals surface area contributed by atoms with Gasteiger partial charge in [0.1, 0.15) is 0 Å². The lowest BCUT2D eigenvalue weighted by Gasteiger charge is -2.41. The van der Waals surface area contributed by atoms with Crippen LogP contribution in [0.2, 0.25) is 0 Å². The summed E-state index contributed by atoms with van der Waals surface area (Å²) >= 11 is 0. The molecule has 1 saturated carbocycles. The molecule has 0 saturated heterocycles. The van der Waals surface area contributed by atoms with Gasteiger partial charge in [0.2, 0.25) is 0 Å². The summed E-state index contributed by atoms with van der Waals surface area (Å²) in [6, 6.07) is 22.3. The van der Waals surface area contributed by atoms with Gasteiger partial charge in [-0.2, -0.15) is 0 Å². The molecule has 1 fully saturated rings. The van der Waals surface area contributed by atoms with Gasteiger partial charge >= 0.3 is 0 Å². The highest BCUT2D eigenvalue weighted by Crippen LogP contribution is 2.46. The fourth-order valence-corrected chi connectivity index (χ4v) is 4.01. The van der Waals surface area contributed by atoms with E-state index in [1.807, 2.05) is 0 Å². The molecule has 0 heterocycles. The van der Waals surface area contributed by atoms with Crippen molar-refractivity contribution in [3.05, 3.63) is 71.8 Å². The summed E-state index contributed by atoms with van der Waals surface area (Å²) in [5.74, 6) is 3.05. The van der Waals surface area contributed by atoms with E-state index in [9.17, 15) is 0 Å². The molecule has 22 heavy (non-hydrogen) atoms. The maximum Gasteiger partial charge on any atom is -0.00997 e. The van der Waals surface area contributed by atoms with Crippen LogP contribution in [0.15, 0.2) is 60.7 Å². The zero-order valence-corrected chi connectivity index (χ0v) is 13.9. The lowest BCUT2D eigenvalue weighted by atomic mass is 9.64. The first-order chi connectivity index (χ1) is 10.8. The van der Waals surface area contributed by atoms with Crippen molar-refractivity contribution >= 4 is 0 Å². The van der Waals surface area contributed by atoms with Crippen molar-refractivity contribution in [2.45, 2.75) is 45.4 Å². The normalized spacial score (nSPS) is 18.0. The minimum Gasteiger partial charge on any atom is -0.0625 e. The van der Waals surface area contributed by atoms with E-state index < -0.39 is 0 Å². The Balaban J connectivity index is 1.88. The van der Waals surface area contributed by atoms with Crippen LogP contribution in [0.4, 0.5) is 0 Å². The SMILES string of the molecule is CC(C)C(Cc1ccccc1)C(c1ccccc1)C1CCC1. The first-order valence-corrected chi connectivity index (χ1v) is 8.84. The zero-order valence-electron chi connectivity index (χ0n) is 13.9. The molecule has 0 aromatic heterocycles. The molecule has 3 rings (SSSR count). The van der Waals surface area contributed by atoms with Crippen LogP contribution in [0.3, 0.4) is 0 Å². The van der Waals surface area contributed by atoms with Crippen LogP contribution in [-0.2, 0) is 6.42 Å². The van der Waals surface area contributed by atoms with Gasteiger partial charge < -0.3 is 0 Å². The smallest absolute Gasteiger partial charge is 0.00997 e. The second-order valence-electron chi connectivity index (χ2n) is 7.23. The van der Waals surface area contributed by atoms with E-state index in [-0.39, 0.29) is 0 Å². The standard InChI is InChI=1S/C22H28/c1-17(2)21(16-18-10-5-3-6-11-18)22(20-14-9-15-20)19-12-7-4-8-13-19/h3-8,10-13,17,20-22H,9,14-16H2,1-2H3. The van der Waals surface area contributed by atoms with Gasteiger partial charge in [-0.3, -0.25) is 0 Å². The van der Waals surface area contributed by atoms with Crippen molar-refractivity contribution in [2.75, 3.05) is 0 Å². The second kappa shape index (κ2) is 7.13. The first-order valence-electron chi connectivity index (χ1n) is 8.84. The monoisotopic (exact) mass is 292 g/mol. The maximum absolute atomic E-state index is 2.40. The van der Waals surface area contributed by atoms with Gasteiger partial charge in [-0.15, -0.1) is 0 Å². The average Bonchev–Trinajstić information content (AvgIpc) is 2.50. The summed E-state index contributed by atoms with van der Waals surface area (Å²) in [5.41, 5.74) is 3.04. The largest absolute Gasteiger partial charge is 0.0625 e. The van der Waals surface area contributed by atoms with E-state index in [1.165, 1.54) is 31.2 Å². The van der Waals surface area contributed by atoms with Gasteiger partial charge in [0.05, 0.1) is 0 Å². The Bertz CT molecular complexity index is 551. The molecule has 1 aliphatic carbocycles. The van der Waals surface area contributed by atoms with Gasteiger partial charge in [0, 0.05) is 0 Å². The molecule has 2 aromatic carbocycles. The van der Waals surface area contributed by atoms with Crippen LogP contribution >= 0.6 is 0 Å². The van der Waals surface area contributed by atoms with Crippen molar-refractivity contribution in [1.29, 1.82) is 0 Å². The van der Waals surface area contributed by atoms with Gasteiger partial charge in [0.15, 0.2) is 0 Å². The highest BCUT2D eigenvalue weighted by atomic mass is 14.4. The van der Waals surface area contributed by atoms with Gasteiger partial charge in [-0.1, -0.05) is 80.9 Å². The molecule has 0 amide bonds. The molecule has 0 nitrogen and oxygen atoms in total. The summed E-state index contributed by atoms with van der Waals surface area (Å²) in [5, 5.41) is 0. The topological polar surface area (TPSA) is 0 Å². The van der Waals surface area contributed by atoms with Gasteiger partial charge in [-0.25, -0.2) is 0 Å². The number of hydrogen-bond donors (Lipinski definition) is 0. The lowest BCUT2D eigenvalue weighted by Crippen LogP contribution is -2.31. The van der Waals surface area contributed by atoms with Crippen LogP contribution < -0.4 is 0 Å². The Labute approximate surface area is 135 Å². The second-order valence-corrected chi connectivity index (χ2v) is 7.23. The van der Waals surface area contributed by atoms with Crippen molar-refractivity contribution in [2.24, 2.45) is 17.8 Å². The predicted molar refractivity (Wildman–Crippen MR) is 95.0 cm³/mol. The highest BCUT2D eigenvalue weighted by Gasteiger charge is 2.35. The fraction of sp³-hybridized carbons (Fsp3) is 0.455. The molecule has 116 valence electrons. The molecular weight excluding hydrogens is 264 g/mol. The molecule has 0 radical (unpaired) electrons. The van der Waals surface area contributed by atoms with Gasteiger partial charge in [-0.05, 0) is 54.1 Å².